The van der Waals surface area contributed by atoms with E-state index in [1.165, 1.54) is 12.4 Å². The van der Waals surface area contributed by atoms with Crippen LogP contribution in [0.2, 0.25) is 0 Å². The predicted molar refractivity (Wildman–Crippen MR) is 114 cm³/mol. The van der Waals surface area contributed by atoms with Gasteiger partial charge in [-0.3, -0.25) is 4.79 Å². The molecule has 0 atom stereocenters. The highest BCUT2D eigenvalue weighted by atomic mass is 16.5. The highest BCUT2D eigenvalue weighted by Gasteiger charge is 2.10. The zero-order valence-electron chi connectivity index (χ0n) is 16.8. The fourth-order valence-electron chi connectivity index (χ4n) is 2.58. The highest BCUT2D eigenvalue weighted by Crippen LogP contribution is 2.30. The summed E-state index contributed by atoms with van der Waals surface area (Å²) in [6.45, 7) is 0. The maximum Gasteiger partial charge on any atom is 0.258 e. The average molecular weight is 393 g/mol. The summed E-state index contributed by atoms with van der Waals surface area (Å²) in [6, 6.07) is 12.9. The number of carbonyl (C=O) groups excluding carboxylic acids is 1. The molecule has 0 aliphatic rings. The third kappa shape index (κ3) is 4.92. The molecule has 29 heavy (non-hydrogen) atoms. The Balaban J connectivity index is 1.67. The van der Waals surface area contributed by atoms with E-state index in [9.17, 15) is 4.79 Å². The number of amides is 1. The van der Waals surface area contributed by atoms with Crippen LogP contribution in [-0.2, 0) is 0 Å². The van der Waals surface area contributed by atoms with E-state index in [0.717, 1.165) is 5.69 Å². The Labute approximate surface area is 169 Å². The molecule has 0 saturated heterocycles. The Hall–Kier alpha value is -3.81. The molecule has 0 bridgehead atoms. The summed E-state index contributed by atoms with van der Waals surface area (Å²) in [6.07, 6.45) is 2.93. The predicted octanol–water partition coefficient (Wildman–Crippen LogP) is 3.56. The van der Waals surface area contributed by atoms with Gasteiger partial charge in [-0.1, -0.05) is 0 Å². The van der Waals surface area contributed by atoms with Crippen LogP contribution in [0.15, 0.2) is 54.9 Å². The SMILES string of the molecule is COc1ccc(Nc2ncc(C(=O)Nc3ccc(N(C)C)cc3)cn2)c(OC)c1. The number of ether oxygens (including phenoxy) is 2. The first kappa shape index (κ1) is 19.9. The van der Waals surface area contributed by atoms with Crippen LogP contribution in [-0.4, -0.2) is 44.2 Å². The van der Waals surface area contributed by atoms with E-state index in [2.05, 4.69) is 20.6 Å². The van der Waals surface area contributed by atoms with Crippen LogP contribution in [0.3, 0.4) is 0 Å². The summed E-state index contributed by atoms with van der Waals surface area (Å²) in [4.78, 5) is 22.8. The monoisotopic (exact) mass is 393 g/mol. The standard InChI is InChI=1S/C21H23N5O3/c1-26(2)16-7-5-15(6-8-16)24-20(27)14-12-22-21(23-13-14)25-18-10-9-17(28-3)11-19(18)29-4/h5-13H,1-4H3,(H,24,27)(H,22,23,25). The number of carbonyl (C=O) groups is 1. The van der Waals surface area contributed by atoms with Crippen LogP contribution in [0, 0.1) is 0 Å². The van der Waals surface area contributed by atoms with Crippen molar-refractivity contribution in [1.29, 1.82) is 0 Å². The number of hydrogen-bond donors (Lipinski definition) is 2. The summed E-state index contributed by atoms with van der Waals surface area (Å²) in [5, 5.41) is 5.90. The number of nitrogens with zero attached hydrogens (tertiary/aromatic N) is 3. The molecule has 0 aliphatic carbocycles. The van der Waals surface area contributed by atoms with Gasteiger partial charge in [-0.25, -0.2) is 9.97 Å². The summed E-state index contributed by atoms with van der Waals surface area (Å²) in [5.74, 6) is 1.34. The molecule has 1 amide bonds. The van der Waals surface area contributed by atoms with Crippen molar-refractivity contribution in [3.05, 3.63) is 60.4 Å². The van der Waals surface area contributed by atoms with Gasteiger partial charge in [-0.15, -0.1) is 0 Å². The van der Waals surface area contributed by atoms with Crippen LogP contribution in [0.25, 0.3) is 0 Å². The quantitative estimate of drug-likeness (QED) is 0.634. The summed E-state index contributed by atoms with van der Waals surface area (Å²) < 4.78 is 10.5. The molecular weight excluding hydrogens is 370 g/mol. The Morgan fingerprint density at radius 1 is 0.966 bits per heavy atom. The summed E-state index contributed by atoms with van der Waals surface area (Å²) in [5.41, 5.74) is 2.79. The van der Waals surface area contributed by atoms with Crippen LogP contribution >= 0.6 is 0 Å². The molecule has 8 heteroatoms. The molecule has 3 rings (SSSR count). The van der Waals surface area contributed by atoms with E-state index < -0.39 is 0 Å². The van der Waals surface area contributed by atoms with E-state index in [-0.39, 0.29) is 5.91 Å². The Bertz CT molecular complexity index is 973. The van der Waals surface area contributed by atoms with Crippen molar-refractivity contribution in [2.45, 2.75) is 0 Å². The van der Waals surface area contributed by atoms with Crippen molar-refractivity contribution in [3.8, 4) is 11.5 Å². The Morgan fingerprint density at radius 2 is 1.66 bits per heavy atom. The lowest BCUT2D eigenvalue weighted by Crippen LogP contribution is -2.13. The van der Waals surface area contributed by atoms with E-state index in [1.54, 1.807) is 32.4 Å². The second-order valence-corrected chi connectivity index (χ2v) is 6.38. The number of nitrogens with one attached hydrogen (secondary N) is 2. The van der Waals surface area contributed by atoms with Crippen LogP contribution in [0.5, 0.6) is 11.5 Å². The maximum absolute atomic E-state index is 12.4. The van der Waals surface area contributed by atoms with E-state index in [4.69, 9.17) is 9.47 Å². The molecule has 0 saturated carbocycles. The van der Waals surface area contributed by atoms with E-state index in [0.29, 0.717) is 34.4 Å². The second-order valence-electron chi connectivity index (χ2n) is 6.38. The Kier molecular flexibility index (Phi) is 6.13. The van der Waals surface area contributed by atoms with Gasteiger partial charge in [0.25, 0.3) is 5.91 Å². The van der Waals surface area contributed by atoms with Crippen molar-refractivity contribution in [3.63, 3.8) is 0 Å². The van der Waals surface area contributed by atoms with Gasteiger partial charge in [0.05, 0.1) is 25.5 Å². The van der Waals surface area contributed by atoms with Gasteiger partial charge in [-0.2, -0.15) is 0 Å². The van der Waals surface area contributed by atoms with Crippen LogP contribution in [0.1, 0.15) is 10.4 Å². The third-order valence-electron chi connectivity index (χ3n) is 4.21. The number of anilines is 4. The number of hydrogen-bond acceptors (Lipinski definition) is 7. The molecule has 1 heterocycles. The van der Waals surface area contributed by atoms with Crippen molar-refractivity contribution in [1.82, 2.24) is 9.97 Å². The molecule has 0 radical (unpaired) electrons. The number of benzene rings is 2. The minimum absolute atomic E-state index is 0.281. The number of methoxy groups -OCH3 is 2. The second kappa shape index (κ2) is 8.92. The normalized spacial score (nSPS) is 10.2. The highest BCUT2D eigenvalue weighted by molar-refractivity contribution is 6.04. The van der Waals surface area contributed by atoms with Crippen molar-refractivity contribution in [2.24, 2.45) is 0 Å². The average Bonchev–Trinajstić information content (AvgIpc) is 2.74. The number of rotatable bonds is 7. The maximum atomic E-state index is 12.4. The van der Waals surface area contributed by atoms with Gasteiger partial charge >= 0.3 is 0 Å². The largest absolute Gasteiger partial charge is 0.497 e. The molecule has 0 aliphatic heterocycles. The fourth-order valence-corrected chi connectivity index (χ4v) is 2.58. The van der Waals surface area contributed by atoms with Gasteiger partial charge in [0.1, 0.15) is 11.5 Å². The molecule has 1 aromatic heterocycles. The third-order valence-corrected chi connectivity index (χ3v) is 4.21. The van der Waals surface area contributed by atoms with Gasteiger partial charge in [0.2, 0.25) is 5.95 Å². The van der Waals surface area contributed by atoms with Crippen molar-refractivity contribution >= 4 is 28.9 Å². The summed E-state index contributed by atoms with van der Waals surface area (Å²) >= 11 is 0. The molecule has 2 aromatic carbocycles. The lowest BCUT2D eigenvalue weighted by Gasteiger charge is -2.13. The smallest absolute Gasteiger partial charge is 0.258 e. The summed E-state index contributed by atoms with van der Waals surface area (Å²) in [7, 11) is 7.08. The minimum atomic E-state index is -0.281. The fraction of sp³-hybridized carbons (Fsp3) is 0.190. The van der Waals surface area contributed by atoms with Gasteiger partial charge in [-0.05, 0) is 36.4 Å². The van der Waals surface area contributed by atoms with Crippen LogP contribution in [0.4, 0.5) is 23.0 Å². The lowest BCUT2D eigenvalue weighted by atomic mass is 10.2. The first-order chi connectivity index (χ1) is 14.0. The Morgan fingerprint density at radius 3 is 2.24 bits per heavy atom. The van der Waals surface area contributed by atoms with Gasteiger partial charge in [0.15, 0.2) is 0 Å². The van der Waals surface area contributed by atoms with Gasteiger partial charge in [0, 0.05) is 43.9 Å². The first-order valence-electron chi connectivity index (χ1n) is 8.90. The molecule has 2 N–H and O–H groups in total. The molecule has 8 nitrogen and oxygen atoms in total. The van der Waals surface area contributed by atoms with E-state index in [1.807, 2.05) is 43.3 Å². The number of aromatic nitrogens is 2. The first-order valence-corrected chi connectivity index (χ1v) is 8.90. The van der Waals surface area contributed by atoms with Gasteiger partial charge < -0.3 is 25.0 Å². The van der Waals surface area contributed by atoms with Crippen molar-refractivity contribution < 1.29 is 14.3 Å². The molecule has 3 aromatic rings. The molecule has 0 fully saturated rings. The van der Waals surface area contributed by atoms with Crippen molar-refractivity contribution in [2.75, 3.05) is 43.8 Å². The zero-order chi connectivity index (χ0) is 20.8. The molecule has 150 valence electrons. The molecular formula is C21H23N5O3. The lowest BCUT2D eigenvalue weighted by molar-refractivity contribution is 0.102. The molecule has 0 spiro atoms. The minimum Gasteiger partial charge on any atom is -0.497 e. The topological polar surface area (TPSA) is 88.6 Å². The zero-order valence-corrected chi connectivity index (χ0v) is 16.8. The van der Waals surface area contributed by atoms with E-state index >= 15 is 0 Å². The molecule has 0 unspecified atom stereocenters. The van der Waals surface area contributed by atoms with Crippen LogP contribution < -0.4 is 25.0 Å².